The molecule has 0 saturated carbocycles. The normalized spacial score (nSPS) is 12.4. The van der Waals surface area contributed by atoms with Crippen molar-refractivity contribution < 1.29 is 19.1 Å². The molecule has 0 fully saturated rings. The first kappa shape index (κ1) is 15.2. The Morgan fingerprint density at radius 2 is 2.16 bits per heavy atom. The van der Waals surface area contributed by atoms with E-state index in [0.29, 0.717) is 12.3 Å². The highest BCUT2D eigenvalue weighted by atomic mass is 16.4. The quantitative estimate of drug-likeness (QED) is 0.769. The summed E-state index contributed by atoms with van der Waals surface area (Å²) in [6.07, 6.45) is 1.55. The Morgan fingerprint density at radius 3 is 2.63 bits per heavy atom. The van der Waals surface area contributed by atoms with Gasteiger partial charge in [0.15, 0.2) is 0 Å². The highest BCUT2D eigenvalue weighted by molar-refractivity contribution is 5.79. The number of carboxylic acids is 1. The van der Waals surface area contributed by atoms with Gasteiger partial charge in [0, 0.05) is 7.05 Å². The summed E-state index contributed by atoms with van der Waals surface area (Å²) in [5.41, 5.74) is 0. The molecule has 0 aliphatic heterocycles. The van der Waals surface area contributed by atoms with Gasteiger partial charge in [-0.3, -0.25) is 14.9 Å². The summed E-state index contributed by atoms with van der Waals surface area (Å²) < 4.78 is 5.15. The molecular formula is C13H20N2O4. The van der Waals surface area contributed by atoms with Gasteiger partial charge >= 0.3 is 5.97 Å². The summed E-state index contributed by atoms with van der Waals surface area (Å²) >= 11 is 0. The van der Waals surface area contributed by atoms with Gasteiger partial charge in [-0.05, 0) is 18.1 Å². The third kappa shape index (κ3) is 4.75. The number of aliphatic carboxylic acids is 1. The number of nitrogens with zero attached hydrogens (tertiary/aromatic N) is 1. The van der Waals surface area contributed by atoms with Gasteiger partial charge in [0.2, 0.25) is 5.91 Å². The van der Waals surface area contributed by atoms with Gasteiger partial charge in [-0.1, -0.05) is 13.8 Å². The first-order chi connectivity index (χ1) is 8.91. The second-order valence-corrected chi connectivity index (χ2v) is 4.77. The van der Waals surface area contributed by atoms with Gasteiger partial charge in [-0.2, -0.15) is 0 Å². The lowest BCUT2D eigenvalue weighted by Gasteiger charge is -2.20. The van der Waals surface area contributed by atoms with Crippen LogP contribution in [0.25, 0.3) is 0 Å². The molecule has 1 aromatic rings. The minimum absolute atomic E-state index is 0.00758. The monoisotopic (exact) mass is 268 g/mol. The van der Waals surface area contributed by atoms with Crippen molar-refractivity contribution >= 4 is 11.9 Å². The summed E-state index contributed by atoms with van der Waals surface area (Å²) in [6.45, 7) is 3.95. The van der Waals surface area contributed by atoms with E-state index in [0.717, 1.165) is 0 Å². The molecular weight excluding hydrogens is 248 g/mol. The maximum Gasteiger partial charge on any atom is 0.320 e. The highest BCUT2D eigenvalue weighted by Crippen LogP contribution is 2.04. The topological polar surface area (TPSA) is 82.8 Å². The average Bonchev–Trinajstić information content (AvgIpc) is 2.80. The summed E-state index contributed by atoms with van der Waals surface area (Å²) in [4.78, 5) is 24.3. The second-order valence-electron chi connectivity index (χ2n) is 4.77. The van der Waals surface area contributed by atoms with Gasteiger partial charge in [0.25, 0.3) is 0 Å². The lowest BCUT2D eigenvalue weighted by Crippen LogP contribution is -2.46. The third-order valence-corrected chi connectivity index (χ3v) is 2.80. The Bertz CT molecular complexity index is 414. The minimum atomic E-state index is -0.948. The molecule has 1 unspecified atom stereocenters. The Balaban J connectivity index is 2.43. The van der Waals surface area contributed by atoms with Crippen LogP contribution in [0, 0.1) is 5.92 Å². The van der Waals surface area contributed by atoms with Crippen LogP contribution in [-0.2, 0) is 16.1 Å². The summed E-state index contributed by atoms with van der Waals surface area (Å²) in [5, 5.41) is 11.8. The number of carboxylic acid groups (broad SMARTS) is 1. The molecule has 0 radical (unpaired) electrons. The molecule has 0 aromatic carbocycles. The predicted octanol–water partition coefficient (Wildman–Crippen LogP) is 0.937. The molecule has 2 N–H and O–H groups in total. The number of amides is 1. The van der Waals surface area contributed by atoms with Gasteiger partial charge in [-0.25, -0.2) is 0 Å². The first-order valence-corrected chi connectivity index (χ1v) is 6.14. The van der Waals surface area contributed by atoms with Crippen LogP contribution in [0.2, 0.25) is 0 Å². The fraction of sp³-hybridized carbons (Fsp3) is 0.538. The molecule has 1 heterocycles. The molecule has 1 amide bonds. The molecule has 0 spiro atoms. The summed E-state index contributed by atoms with van der Waals surface area (Å²) in [7, 11) is 1.65. The zero-order chi connectivity index (χ0) is 14.4. The molecule has 6 nitrogen and oxygen atoms in total. The number of hydrogen-bond donors (Lipinski definition) is 2. The fourth-order valence-corrected chi connectivity index (χ4v) is 1.66. The average molecular weight is 268 g/mol. The summed E-state index contributed by atoms with van der Waals surface area (Å²) in [5.74, 6) is -0.519. The van der Waals surface area contributed by atoms with Crippen molar-refractivity contribution in [3.63, 3.8) is 0 Å². The molecule has 1 atom stereocenters. The van der Waals surface area contributed by atoms with Crippen molar-refractivity contribution in [1.82, 2.24) is 10.2 Å². The molecule has 106 valence electrons. The van der Waals surface area contributed by atoms with Crippen molar-refractivity contribution in [2.45, 2.75) is 26.4 Å². The minimum Gasteiger partial charge on any atom is -0.480 e. The predicted molar refractivity (Wildman–Crippen MR) is 69.4 cm³/mol. The lowest BCUT2D eigenvalue weighted by molar-refractivity contribution is -0.141. The number of likely N-dealkylation sites (N-methyl/N-ethyl adjacent to an activating group) is 1. The van der Waals surface area contributed by atoms with Crippen molar-refractivity contribution in [2.24, 2.45) is 5.92 Å². The van der Waals surface area contributed by atoms with E-state index < -0.39 is 12.0 Å². The fourth-order valence-electron chi connectivity index (χ4n) is 1.66. The molecule has 0 bridgehead atoms. The molecule has 0 aliphatic carbocycles. The number of rotatable bonds is 7. The van der Waals surface area contributed by atoms with Crippen LogP contribution in [0.4, 0.5) is 0 Å². The Kier molecular flexibility index (Phi) is 5.57. The standard InChI is InChI=1S/C13H20N2O4/c1-9(2)12(13(17)18)14-7-11(16)15(3)8-10-5-4-6-19-10/h4-6,9,12,14H,7-8H2,1-3H3,(H,17,18). The smallest absolute Gasteiger partial charge is 0.320 e. The summed E-state index contributed by atoms with van der Waals surface area (Å²) in [6, 6.07) is 2.82. The van der Waals surface area contributed by atoms with Crippen LogP contribution in [0.15, 0.2) is 22.8 Å². The zero-order valence-corrected chi connectivity index (χ0v) is 11.4. The largest absolute Gasteiger partial charge is 0.480 e. The molecule has 1 rings (SSSR count). The van der Waals surface area contributed by atoms with Crippen molar-refractivity contribution in [2.75, 3.05) is 13.6 Å². The maximum atomic E-state index is 11.8. The van der Waals surface area contributed by atoms with E-state index >= 15 is 0 Å². The highest BCUT2D eigenvalue weighted by Gasteiger charge is 2.22. The van der Waals surface area contributed by atoms with Crippen LogP contribution in [0.5, 0.6) is 0 Å². The van der Waals surface area contributed by atoms with E-state index in [9.17, 15) is 9.59 Å². The Morgan fingerprint density at radius 1 is 1.47 bits per heavy atom. The molecule has 6 heteroatoms. The van der Waals surface area contributed by atoms with Crippen molar-refractivity contribution in [1.29, 1.82) is 0 Å². The number of carbonyl (C=O) groups is 2. The molecule has 0 aliphatic rings. The van der Waals surface area contributed by atoms with Crippen LogP contribution < -0.4 is 5.32 Å². The first-order valence-electron chi connectivity index (χ1n) is 6.14. The van der Waals surface area contributed by atoms with E-state index in [2.05, 4.69) is 5.32 Å². The maximum absolute atomic E-state index is 11.8. The van der Waals surface area contributed by atoms with Gasteiger partial charge in [0.05, 0.1) is 19.4 Å². The molecule has 1 aromatic heterocycles. The van der Waals surface area contributed by atoms with E-state index in [4.69, 9.17) is 9.52 Å². The number of carbonyl (C=O) groups excluding carboxylic acids is 1. The van der Waals surface area contributed by atoms with Crippen molar-refractivity contribution in [3.8, 4) is 0 Å². The molecule has 19 heavy (non-hydrogen) atoms. The van der Waals surface area contributed by atoms with Crippen LogP contribution >= 0.6 is 0 Å². The Labute approximate surface area is 112 Å². The second kappa shape index (κ2) is 6.94. The van der Waals surface area contributed by atoms with Crippen LogP contribution in [-0.4, -0.2) is 41.5 Å². The van der Waals surface area contributed by atoms with E-state index in [1.165, 1.54) is 4.90 Å². The van der Waals surface area contributed by atoms with Crippen molar-refractivity contribution in [3.05, 3.63) is 24.2 Å². The van der Waals surface area contributed by atoms with E-state index in [1.54, 1.807) is 39.3 Å². The van der Waals surface area contributed by atoms with Gasteiger partial charge in [0.1, 0.15) is 11.8 Å². The Hall–Kier alpha value is -1.82. The van der Waals surface area contributed by atoms with Gasteiger partial charge in [-0.15, -0.1) is 0 Å². The SMILES string of the molecule is CC(C)C(NCC(=O)N(C)Cc1ccco1)C(=O)O. The van der Waals surface area contributed by atoms with Crippen LogP contribution in [0.1, 0.15) is 19.6 Å². The lowest BCUT2D eigenvalue weighted by atomic mass is 10.1. The zero-order valence-electron chi connectivity index (χ0n) is 11.4. The number of furan rings is 1. The number of nitrogens with one attached hydrogen (secondary N) is 1. The van der Waals surface area contributed by atoms with E-state index in [-0.39, 0.29) is 18.4 Å². The van der Waals surface area contributed by atoms with Crippen LogP contribution in [0.3, 0.4) is 0 Å². The third-order valence-electron chi connectivity index (χ3n) is 2.80. The number of hydrogen-bond acceptors (Lipinski definition) is 4. The van der Waals surface area contributed by atoms with E-state index in [1.807, 2.05) is 0 Å². The molecule has 0 saturated heterocycles. The van der Waals surface area contributed by atoms with Gasteiger partial charge < -0.3 is 14.4 Å².